The lowest BCUT2D eigenvalue weighted by Gasteiger charge is -2.27. The van der Waals surface area contributed by atoms with Crippen LogP contribution in [0.15, 0.2) is 0 Å². The Kier molecular flexibility index (Phi) is 9.39. The van der Waals surface area contributed by atoms with E-state index in [1.54, 1.807) is 13.8 Å². The number of likely N-dealkylation sites (N-methyl/N-ethyl adjacent to an activating group) is 1. The zero-order valence-corrected chi connectivity index (χ0v) is 12.6. The minimum Gasteiger partial charge on any atom is -0.314 e. The molecule has 0 aromatic heterocycles. The molecule has 0 radical (unpaired) electrons. The van der Waals surface area contributed by atoms with E-state index in [0.29, 0.717) is 13.1 Å². The summed E-state index contributed by atoms with van der Waals surface area (Å²) in [5.41, 5.74) is 0. The number of nitrogens with one attached hydrogen (secondary N) is 1. The molecule has 0 heterocycles. The summed E-state index contributed by atoms with van der Waals surface area (Å²) in [5, 5.41) is 3.20. The summed E-state index contributed by atoms with van der Waals surface area (Å²) in [7, 11) is 0. The third-order valence-corrected chi connectivity index (χ3v) is 3.19. The largest absolute Gasteiger partial charge is 0.401 e. The zero-order valence-electron chi connectivity index (χ0n) is 12.6. The first kappa shape index (κ1) is 18.7. The molecule has 0 aliphatic rings. The monoisotopic (exact) mass is 283 g/mol. The van der Waals surface area contributed by atoms with Crippen molar-refractivity contribution >= 4 is 0 Å². The Bertz CT molecular complexity index is 216. The highest BCUT2D eigenvalue weighted by molar-refractivity contribution is 4.68. The van der Waals surface area contributed by atoms with Gasteiger partial charge in [-0.1, -0.05) is 13.8 Å². The van der Waals surface area contributed by atoms with Crippen molar-refractivity contribution in [1.82, 2.24) is 15.1 Å². The van der Waals surface area contributed by atoms with Gasteiger partial charge in [0.15, 0.2) is 0 Å². The van der Waals surface area contributed by atoms with Gasteiger partial charge in [0.25, 0.3) is 0 Å². The summed E-state index contributed by atoms with van der Waals surface area (Å²) in [4.78, 5) is 3.73. The van der Waals surface area contributed by atoms with Crippen molar-refractivity contribution in [2.75, 3.05) is 45.8 Å². The van der Waals surface area contributed by atoms with Gasteiger partial charge in [-0.3, -0.25) is 4.90 Å². The lowest BCUT2D eigenvalue weighted by molar-refractivity contribution is -0.149. The molecule has 0 spiro atoms. The van der Waals surface area contributed by atoms with Gasteiger partial charge in [0.05, 0.1) is 6.54 Å². The van der Waals surface area contributed by atoms with Gasteiger partial charge in [0, 0.05) is 32.2 Å². The molecule has 0 amide bonds. The molecule has 0 bridgehead atoms. The first-order valence-electron chi connectivity index (χ1n) is 7.04. The molecule has 0 saturated heterocycles. The van der Waals surface area contributed by atoms with E-state index in [-0.39, 0.29) is 6.04 Å². The molecular formula is C13H28F3N3. The SMILES string of the molecule is CCN(CC)CCNCCN(CC(F)(F)F)C(C)C. The summed E-state index contributed by atoms with van der Waals surface area (Å²) in [6, 6.07) is -0.0915. The van der Waals surface area contributed by atoms with Crippen LogP contribution in [0, 0.1) is 0 Å². The van der Waals surface area contributed by atoms with Crippen LogP contribution in [0.1, 0.15) is 27.7 Å². The first-order valence-corrected chi connectivity index (χ1v) is 7.04. The van der Waals surface area contributed by atoms with E-state index in [9.17, 15) is 13.2 Å². The van der Waals surface area contributed by atoms with Gasteiger partial charge in [-0.2, -0.15) is 13.2 Å². The average Bonchev–Trinajstić information content (AvgIpc) is 2.30. The van der Waals surface area contributed by atoms with Crippen LogP contribution in [0.3, 0.4) is 0 Å². The van der Waals surface area contributed by atoms with Gasteiger partial charge in [-0.15, -0.1) is 0 Å². The third kappa shape index (κ3) is 10.2. The number of hydrogen-bond acceptors (Lipinski definition) is 3. The van der Waals surface area contributed by atoms with Gasteiger partial charge in [-0.25, -0.2) is 0 Å². The second-order valence-corrected chi connectivity index (χ2v) is 4.96. The molecule has 19 heavy (non-hydrogen) atoms. The van der Waals surface area contributed by atoms with E-state index >= 15 is 0 Å². The van der Waals surface area contributed by atoms with Crippen LogP contribution < -0.4 is 5.32 Å². The van der Waals surface area contributed by atoms with Crippen molar-refractivity contribution in [1.29, 1.82) is 0 Å². The maximum Gasteiger partial charge on any atom is 0.401 e. The van der Waals surface area contributed by atoms with Crippen molar-refractivity contribution in [3.05, 3.63) is 0 Å². The molecule has 0 rings (SSSR count). The van der Waals surface area contributed by atoms with Crippen LogP contribution >= 0.6 is 0 Å². The maximum atomic E-state index is 12.4. The molecular weight excluding hydrogens is 255 g/mol. The molecule has 0 unspecified atom stereocenters. The van der Waals surface area contributed by atoms with Crippen LogP contribution in [-0.4, -0.2) is 67.8 Å². The third-order valence-electron chi connectivity index (χ3n) is 3.19. The summed E-state index contributed by atoms with van der Waals surface area (Å²) in [5.74, 6) is 0. The van der Waals surface area contributed by atoms with E-state index in [0.717, 1.165) is 26.2 Å². The van der Waals surface area contributed by atoms with Crippen LogP contribution in [0.4, 0.5) is 13.2 Å². The molecule has 0 fully saturated rings. The summed E-state index contributed by atoms with van der Waals surface area (Å²) >= 11 is 0. The second-order valence-electron chi connectivity index (χ2n) is 4.96. The molecule has 0 aliphatic heterocycles. The summed E-state index contributed by atoms with van der Waals surface area (Å²) in [6.45, 7) is 11.7. The molecule has 0 aromatic rings. The second kappa shape index (κ2) is 9.55. The Morgan fingerprint density at radius 2 is 1.53 bits per heavy atom. The van der Waals surface area contributed by atoms with Crippen LogP contribution in [0.25, 0.3) is 0 Å². The number of halogens is 3. The smallest absolute Gasteiger partial charge is 0.314 e. The van der Waals surface area contributed by atoms with E-state index in [1.807, 2.05) is 0 Å². The summed E-state index contributed by atoms with van der Waals surface area (Å²) in [6.07, 6.45) is -4.12. The number of rotatable bonds is 10. The number of alkyl halides is 3. The highest BCUT2D eigenvalue weighted by Crippen LogP contribution is 2.17. The number of hydrogen-bond donors (Lipinski definition) is 1. The van der Waals surface area contributed by atoms with Crippen LogP contribution in [-0.2, 0) is 0 Å². The Morgan fingerprint density at radius 3 is 1.95 bits per heavy atom. The summed E-state index contributed by atoms with van der Waals surface area (Å²) < 4.78 is 37.1. The molecule has 6 heteroatoms. The van der Waals surface area contributed by atoms with E-state index in [2.05, 4.69) is 24.1 Å². The molecule has 0 saturated carbocycles. The Hall–Kier alpha value is -0.330. The highest BCUT2D eigenvalue weighted by Gasteiger charge is 2.31. The Labute approximate surface area is 115 Å². The number of nitrogens with zero attached hydrogens (tertiary/aromatic N) is 2. The molecule has 3 nitrogen and oxygen atoms in total. The topological polar surface area (TPSA) is 18.5 Å². The molecule has 0 aliphatic carbocycles. The fourth-order valence-corrected chi connectivity index (χ4v) is 1.87. The minimum atomic E-state index is -4.12. The minimum absolute atomic E-state index is 0.0915. The lowest BCUT2D eigenvalue weighted by Crippen LogP contribution is -2.43. The van der Waals surface area contributed by atoms with E-state index in [1.165, 1.54) is 4.90 Å². The van der Waals surface area contributed by atoms with Crippen molar-refractivity contribution in [3.8, 4) is 0 Å². The van der Waals surface area contributed by atoms with Crippen LogP contribution in [0.5, 0.6) is 0 Å². The lowest BCUT2D eigenvalue weighted by atomic mass is 10.3. The van der Waals surface area contributed by atoms with Gasteiger partial charge < -0.3 is 10.2 Å². The fourth-order valence-electron chi connectivity index (χ4n) is 1.87. The van der Waals surface area contributed by atoms with E-state index in [4.69, 9.17) is 0 Å². The normalized spacial score (nSPS) is 12.9. The van der Waals surface area contributed by atoms with Gasteiger partial charge in [0.2, 0.25) is 0 Å². The fraction of sp³-hybridized carbons (Fsp3) is 1.00. The Balaban J connectivity index is 3.82. The predicted octanol–water partition coefficient (Wildman–Crippen LogP) is 2.19. The molecule has 1 N–H and O–H groups in total. The van der Waals surface area contributed by atoms with Crippen molar-refractivity contribution < 1.29 is 13.2 Å². The quantitative estimate of drug-likeness (QED) is 0.620. The predicted molar refractivity (Wildman–Crippen MR) is 73.4 cm³/mol. The molecule has 0 aromatic carbocycles. The first-order chi connectivity index (χ1) is 8.80. The Morgan fingerprint density at radius 1 is 1.00 bits per heavy atom. The van der Waals surface area contributed by atoms with Crippen molar-refractivity contribution in [3.63, 3.8) is 0 Å². The maximum absolute atomic E-state index is 12.4. The van der Waals surface area contributed by atoms with E-state index < -0.39 is 12.7 Å². The van der Waals surface area contributed by atoms with Crippen molar-refractivity contribution in [2.45, 2.75) is 39.9 Å². The van der Waals surface area contributed by atoms with Crippen molar-refractivity contribution in [2.24, 2.45) is 0 Å². The standard InChI is InChI=1S/C13H28F3N3/c1-5-18(6-2)9-7-17-8-10-19(12(3)4)11-13(14,15)16/h12,17H,5-11H2,1-4H3. The van der Waals surface area contributed by atoms with Crippen LogP contribution in [0.2, 0.25) is 0 Å². The van der Waals surface area contributed by atoms with Gasteiger partial charge in [0.1, 0.15) is 0 Å². The molecule has 116 valence electrons. The van der Waals surface area contributed by atoms with Gasteiger partial charge in [-0.05, 0) is 26.9 Å². The highest BCUT2D eigenvalue weighted by atomic mass is 19.4. The van der Waals surface area contributed by atoms with Gasteiger partial charge >= 0.3 is 6.18 Å². The molecule has 0 atom stereocenters. The zero-order chi connectivity index (χ0) is 14.9. The average molecular weight is 283 g/mol.